The number of nitrogens with two attached hydrogens (primary N) is 1. The maximum atomic E-state index is 6.10. The highest BCUT2D eigenvalue weighted by Crippen LogP contribution is 2.29. The van der Waals surface area contributed by atoms with E-state index in [1.807, 2.05) is 18.2 Å². The Hall–Kier alpha value is -2.50. The van der Waals surface area contributed by atoms with Crippen LogP contribution < -0.4 is 5.73 Å². The van der Waals surface area contributed by atoms with E-state index >= 15 is 0 Å². The van der Waals surface area contributed by atoms with Gasteiger partial charge in [-0.15, -0.1) is 5.10 Å². The van der Waals surface area contributed by atoms with Gasteiger partial charge in [0, 0.05) is 10.0 Å². The van der Waals surface area contributed by atoms with E-state index in [1.165, 1.54) is 0 Å². The summed E-state index contributed by atoms with van der Waals surface area (Å²) in [5.74, 6) is 1.52. The monoisotopic (exact) mass is 344 g/mol. The highest BCUT2D eigenvalue weighted by Gasteiger charge is 2.12. The molecule has 1 aromatic carbocycles. The molecule has 23 heavy (non-hydrogen) atoms. The number of halogens is 2. The number of hydrogen-bond acceptors (Lipinski definition) is 4. The predicted octanol–water partition coefficient (Wildman–Crippen LogP) is 4.55. The normalized spacial score (nSPS) is 11.2. The van der Waals surface area contributed by atoms with Gasteiger partial charge in [0.15, 0.2) is 11.4 Å². The van der Waals surface area contributed by atoms with Gasteiger partial charge in [0.05, 0.1) is 6.26 Å². The van der Waals surface area contributed by atoms with E-state index in [-0.39, 0.29) is 0 Å². The van der Waals surface area contributed by atoms with Gasteiger partial charge in [0.2, 0.25) is 5.82 Å². The van der Waals surface area contributed by atoms with Crippen molar-refractivity contribution in [1.29, 1.82) is 0 Å². The average Bonchev–Trinajstić information content (AvgIpc) is 3.15. The maximum absolute atomic E-state index is 6.10. The minimum Gasteiger partial charge on any atom is -0.461 e. The van der Waals surface area contributed by atoms with E-state index in [2.05, 4.69) is 10.1 Å². The molecule has 0 aliphatic heterocycles. The summed E-state index contributed by atoms with van der Waals surface area (Å²) in [4.78, 5) is 4.46. The maximum Gasteiger partial charge on any atom is 0.217 e. The summed E-state index contributed by atoms with van der Waals surface area (Å²) in [5, 5.41) is 5.48. The lowest BCUT2D eigenvalue weighted by atomic mass is 10.1. The smallest absolute Gasteiger partial charge is 0.217 e. The van der Waals surface area contributed by atoms with Crippen molar-refractivity contribution in [3.05, 3.63) is 58.8 Å². The summed E-state index contributed by atoms with van der Waals surface area (Å²) >= 11 is 12.1. The van der Waals surface area contributed by atoms with Gasteiger partial charge in [-0.2, -0.15) is 4.52 Å². The number of anilines is 1. The van der Waals surface area contributed by atoms with Crippen molar-refractivity contribution in [1.82, 2.24) is 14.6 Å². The van der Waals surface area contributed by atoms with Gasteiger partial charge in [-0.3, -0.25) is 0 Å². The summed E-state index contributed by atoms with van der Waals surface area (Å²) in [5.41, 5.74) is 8.43. The first kappa shape index (κ1) is 14.1. The number of benzene rings is 1. The van der Waals surface area contributed by atoms with Gasteiger partial charge in [-0.25, -0.2) is 4.98 Å². The number of fused-ring (bicyclic) bond motifs is 1. The lowest BCUT2D eigenvalue weighted by Crippen LogP contribution is -1.99. The average molecular weight is 345 g/mol. The number of furan rings is 1. The van der Waals surface area contributed by atoms with Gasteiger partial charge in [-0.05, 0) is 53.6 Å². The van der Waals surface area contributed by atoms with Gasteiger partial charge in [0.25, 0.3) is 0 Å². The number of rotatable bonds is 2. The molecule has 0 aliphatic carbocycles. The zero-order valence-corrected chi connectivity index (χ0v) is 13.2. The quantitative estimate of drug-likeness (QED) is 0.579. The molecule has 0 radical (unpaired) electrons. The molecule has 0 spiro atoms. The summed E-state index contributed by atoms with van der Waals surface area (Å²) in [6.07, 6.45) is 1.57. The molecule has 114 valence electrons. The fourth-order valence-electron chi connectivity index (χ4n) is 2.41. The van der Waals surface area contributed by atoms with Crippen LogP contribution in [-0.4, -0.2) is 14.6 Å². The highest BCUT2D eigenvalue weighted by molar-refractivity contribution is 6.35. The van der Waals surface area contributed by atoms with Crippen LogP contribution in [0, 0.1) is 0 Å². The van der Waals surface area contributed by atoms with Crippen LogP contribution in [0.4, 0.5) is 5.82 Å². The van der Waals surface area contributed by atoms with E-state index in [0.717, 1.165) is 11.1 Å². The van der Waals surface area contributed by atoms with Crippen LogP contribution in [0.3, 0.4) is 0 Å². The third kappa shape index (κ3) is 2.54. The Kier molecular flexibility index (Phi) is 3.25. The van der Waals surface area contributed by atoms with Crippen LogP contribution in [0.2, 0.25) is 10.0 Å². The Balaban J connectivity index is 1.89. The molecule has 0 unspecified atom stereocenters. The van der Waals surface area contributed by atoms with Gasteiger partial charge >= 0.3 is 0 Å². The van der Waals surface area contributed by atoms with E-state index in [1.54, 1.807) is 35.0 Å². The molecule has 4 aromatic rings. The topological polar surface area (TPSA) is 69.3 Å². The molecule has 7 heteroatoms. The molecular weight excluding hydrogens is 335 g/mol. The Morgan fingerprint density at radius 3 is 2.43 bits per heavy atom. The van der Waals surface area contributed by atoms with Crippen LogP contribution in [0.1, 0.15) is 0 Å². The molecule has 0 aliphatic rings. The highest BCUT2D eigenvalue weighted by atomic mass is 35.5. The fourth-order valence-corrected chi connectivity index (χ4v) is 2.93. The van der Waals surface area contributed by atoms with Crippen molar-refractivity contribution in [2.45, 2.75) is 0 Å². The molecule has 3 aromatic heterocycles. The fraction of sp³-hybridized carbons (Fsp3) is 0. The third-order valence-electron chi connectivity index (χ3n) is 3.40. The zero-order valence-electron chi connectivity index (χ0n) is 11.7. The van der Waals surface area contributed by atoms with Crippen molar-refractivity contribution in [2.75, 3.05) is 5.73 Å². The standard InChI is InChI=1S/C16H10Cl2N4O/c17-11-4-9(5-12(18)8-11)10-6-14(19)22-15(7-10)20-16(21-22)13-2-1-3-23-13/h1-8H,19H2. The third-order valence-corrected chi connectivity index (χ3v) is 3.84. The molecule has 3 heterocycles. The first-order chi connectivity index (χ1) is 11.1. The van der Waals surface area contributed by atoms with Crippen molar-refractivity contribution in [3.63, 3.8) is 0 Å². The molecule has 0 atom stereocenters. The van der Waals surface area contributed by atoms with Crippen molar-refractivity contribution >= 4 is 34.7 Å². The van der Waals surface area contributed by atoms with Crippen LogP contribution >= 0.6 is 23.2 Å². The predicted molar refractivity (Wildman–Crippen MR) is 90.6 cm³/mol. The largest absolute Gasteiger partial charge is 0.461 e. The number of hydrogen-bond donors (Lipinski definition) is 1. The van der Waals surface area contributed by atoms with Gasteiger partial charge in [-0.1, -0.05) is 23.2 Å². The number of nitrogens with zero attached hydrogens (tertiary/aromatic N) is 3. The first-order valence-corrected chi connectivity index (χ1v) is 7.52. The van der Waals surface area contributed by atoms with Crippen molar-refractivity contribution in [3.8, 4) is 22.7 Å². The van der Waals surface area contributed by atoms with Crippen LogP contribution in [0.5, 0.6) is 0 Å². The summed E-state index contributed by atoms with van der Waals surface area (Å²) in [6, 6.07) is 12.6. The molecule has 0 bridgehead atoms. The SMILES string of the molecule is Nc1cc(-c2cc(Cl)cc(Cl)c2)cc2nc(-c3ccco3)nn12. The summed E-state index contributed by atoms with van der Waals surface area (Å²) in [6.45, 7) is 0. The number of pyridine rings is 1. The second-order valence-electron chi connectivity index (χ2n) is 5.01. The lowest BCUT2D eigenvalue weighted by molar-refractivity contribution is 0.577. The van der Waals surface area contributed by atoms with Gasteiger partial charge < -0.3 is 10.2 Å². The van der Waals surface area contributed by atoms with E-state index < -0.39 is 0 Å². The number of aromatic nitrogens is 3. The Bertz CT molecular complexity index is 988. The number of nitrogen functional groups attached to an aromatic ring is 1. The Morgan fingerprint density at radius 2 is 1.74 bits per heavy atom. The molecule has 0 saturated carbocycles. The Labute approximate surface area is 141 Å². The Morgan fingerprint density at radius 1 is 1.00 bits per heavy atom. The van der Waals surface area contributed by atoms with Crippen molar-refractivity contribution < 1.29 is 4.42 Å². The molecule has 2 N–H and O–H groups in total. The second-order valence-corrected chi connectivity index (χ2v) is 5.88. The van der Waals surface area contributed by atoms with Crippen molar-refractivity contribution in [2.24, 2.45) is 0 Å². The van der Waals surface area contributed by atoms with Crippen LogP contribution in [-0.2, 0) is 0 Å². The second kappa shape index (κ2) is 5.30. The van der Waals surface area contributed by atoms with E-state index in [9.17, 15) is 0 Å². The molecule has 5 nitrogen and oxygen atoms in total. The van der Waals surface area contributed by atoms with Crippen LogP contribution in [0.25, 0.3) is 28.4 Å². The molecule has 4 rings (SSSR count). The lowest BCUT2D eigenvalue weighted by Gasteiger charge is -2.06. The minimum atomic E-state index is 0.457. The summed E-state index contributed by atoms with van der Waals surface area (Å²) < 4.78 is 6.88. The summed E-state index contributed by atoms with van der Waals surface area (Å²) in [7, 11) is 0. The zero-order chi connectivity index (χ0) is 16.0. The van der Waals surface area contributed by atoms with E-state index in [4.69, 9.17) is 33.4 Å². The molecule has 0 saturated heterocycles. The van der Waals surface area contributed by atoms with Crippen LogP contribution in [0.15, 0.2) is 53.1 Å². The molecule has 0 amide bonds. The minimum absolute atomic E-state index is 0.457. The molecule has 0 fully saturated rings. The molecular formula is C16H10Cl2N4O. The van der Waals surface area contributed by atoms with Gasteiger partial charge in [0.1, 0.15) is 5.82 Å². The first-order valence-electron chi connectivity index (χ1n) is 6.77. The van der Waals surface area contributed by atoms with E-state index in [0.29, 0.717) is 33.1 Å².